The maximum absolute atomic E-state index is 10.5. The highest BCUT2D eigenvalue weighted by atomic mass is 16.5. The smallest absolute Gasteiger partial charge is 0.128 e. The third-order valence-corrected chi connectivity index (χ3v) is 4.79. The molecule has 2 heteroatoms. The van der Waals surface area contributed by atoms with Crippen LogP contribution in [-0.2, 0) is 6.42 Å². The van der Waals surface area contributed by atoms with E-state index in [-0.39, 0.29) is 6.10 Å². The summed E-state index contributed by atoms with van der Waals surface area (Å²) in [4.78, 5) is 0. The van der Waals surface area contributed by atoms with Gasteiger partial charge in [-0.1, -0.05) is 18.2 Å². The second-order valence-electron chi connectivity index (χ2n) is 5.87. The fourth-order valence-electron chi connectivity index (χ4n) is 3.75. The summed E-state index contributed by atoms with van der Waals surface area (Å²) < 4.78 is 5.69. The van der Waals surface area contributed by atoms with E-state index in [9.17, 15) is 5.11 Å². The molecule has 2 aliphatic carbocycles. The number of aliphatic hydroxyl groups excluding tert-OH is 1. The molecule has 1 heterocycles. The van der Waals surface area contributed by atoms with E-state index in [0.717, 1.165) is 36.2 Å². The van der Waals surface area contributed by atoms with Gasteiger partial charge in [0.1, 0.15) is 5.75 Å². The van der Waals surface area contributed by atoms with Gasteiger partial charge < -0.3 is 9.84 Å². The molecule has 0 saturated heterocycles. The summed E-state index contributed by atoms with van der Waals surface area (Å²) in [5, 5.41) is 10.5. The molecule has 0 amide bonds. The van der Waals surface area contributed by atoms with E-state index < -0.39 is 0 Å². The fourth-order valence-corrected chi connectivity index (χ4v) is 3.75. The second-order valence-corrected chi connectivity index (χ2v) is 5.87. The lowest BCUT2D eigenvalue weighted by Crippen LogP contribution is -2.12. The van der Waals surface area contributed by atoms with Gasteiger partial charge in [-0.05, 0) is 42.6 Å². The van der Waals surface area contributed by atoms with Crippen molar-refractivity contribution in [2.45, 2.75) is 31.8 Å². The zero-order chi connectivity index (χ0) is 11.4. The Kier molecular flexibility index (Phi) is 2.04. The Balaban J connectivity index is 1.63. The average Bonchev–Trinajstić information content (AvgIpc) is 2.82. The van der Waals surface area contributed by atoms with Crippen molar-refractivity contribution in [1.82, 2.24) is 0 Å². The highest BCUT2D eigenvalue weighted by molar-refractivity contribution is 5.45. The van der Waals surface area contributed by atoms with Gasteiger partial charge in [0.05, 0.1) is 12.7 Å². The Morgan fingerprint density at radius 3 is 2.82 bits per heavy atom. The van der Waals surface area contributed by atoms with Gasteiger partial charge in [0.2, 0.25) is 0 Å². The first-order chi connectivity index (χ1) is 8.33. The predicted octanol–water partition coefficient (Wildman–Crippen LogP) is 2.70. The van der Waals surface area contributed by atoms with E-state index in [1.54, 1.807) is 0 Å². The van der Waals surface area contributed by atoms with Crippen LogP contribution in [-0.4, -0.2) is 11.7 Å². The van der Waals surface area contributed by atoms with Crippen molar-refractivity contribution >= 4 is 0 Å². The number of fused-ring (bicyclic) bond motifs is 2. The summed E-state index contributed by atoms with van der Waals surface area (Å²) >= 11 is 0. The van der Waals surface area contributed by atoms with E-state index in [2.05, 4.69) is 12.1 Å². The molecule has 17 heavy (non-hydrogen) atoms. The zero-order valence-corrected chi connectivity index (χ0v) is 9.93. The average molecular weight is 230 g/mol. The summed E-state index contributed by atoms with van der Waals surface area (Å²) in [7, 11) is 0. The van der Waals surface area contributed by atoms with Crippen LogP contribution in [0.4, 0.5) is 0 Å². The van der Waals surface area contributed by atoms with Gasteiger partial charge in [0.25, 0.3) is 0 Å². The van der Waals surface area contributed by atoms with Gasteiger partial charge in [-0.25, -0.2) is 0 Å². The van der Waals surface area contributed by atoms with Gasteiger partial charge in [0, 0.05) is 12.0 Å². The normalized spacial score (nSPS) is 35.0. The molecule has 4 rings (SSSR count). The fraction of sp³-hybridized carbons (Fsp3) is 0.600. The quantitative estimate of drug-likeness (QED) is 0.846. The Morgan fingerprint density at radius 2 is 2.00 bits per heavy atom. The molecule has 0 aromatic heterocycles. The molecule has 2 fully saturated rings. The molecule has 90 valence electrons. The Morgan fingerprint density at radius 1 is 1.18 bits per heavy atom. The molecule has 2 nitrogen and oxygen atoms in total. The maximum atomic E-state index is 10.5. The van der Waals surface area contributed by atoms with Crippen molar-refractivity contribution in [2.24, 2.45) is 17.8 Å². The van der Waals surface area contributed by atoms with E-state index in [4.69, 9.17) is 4.74 Å². The second kappa shape index (κ2) is 3.49. The van der Waals surface area contributed by atoms with E-state index in [1.165, 1.54) is 24.8 Å². The highest BCUT2D eigenvalue weighted by Gasteiger charge is 2.48. The van der Waals surface area contributed by atoms with E-state index in [1.807, 2.05) is 6.07 Å². The molecular formula is C15H18O2. The van der Waals surface area contributed by atoms with E-state index in [0.29, 0.717) is 5.92 Å². The summed E-state index contributed by atoms with van der Waals surface area (Å²) in [6, 6.07) is 6.21. The van der Waals surface area contributed by atoms with Crippen molar-refractivity contribution in [3.8, 4) is 5.75 Å². The first-order valence-electron chi connectivity index (χ1n) is 6.75. The van der Waals surface area contributed by atoms with Crippen LogP contribution >= 0.6 is 0 Å². The van der Waals surface area contributed by atoms with Crippen molar-refractivity contribution < 1.29 is 9.84 Å². The lowest BCUT2D eigenvalue weighted by molar-refractivity contribution is 0.101. The van der Waals surface area contributed by atoms with Crippen molar-refractivity contribution in [3.05, 3.63) is 29.3 Å². The number of ether oxygens (including phenoxy) is 1. The molecule has 1 aromatic carbocycles. The molecule has 3 aliphatic rings. The molecule has 3 unspecified atom stereocenters. The number of benzene rings is 1. The Bertz CT molecular complexity index is 444. The van der Waals surface area contributed by atoms with Gasteiger partial charge in [-0.2, -0.15) is 0 Å². The van der Waals surface area contributed by atoms with Gasteiger partial charge in [0.15, 0.2) is 0 Å². The first-order valence-corrected chi connectivity index (χ1v) is 6.75. The van der Waals surface area contributed by atoms with Crippen LogP contribution in [0.15, 0.2) is 18.2 Å². The van der Waals surface area contributed by atoms with Gasteiger partial charge >= 0.3 is 0 Å². The van der Waals surface area contributed by atoms with Crippen LogP contribution in [0.2, 0.25) is 0 Å². The highest BCUT2D eigenvalue weighted by Crippen LogP contribution is 2.57. The van der Waals surface area contributed by atoms with E-state index >= 15 is 0 Å². The van der Waals surface area contributed by atoms with Crippen LogP contribution in [0.25, 0.3) is 0 Å². The van der Waals surface area contributed by atoms with Crippen molar-refractivity contribution in [3.63, 3.8) is 0 Å². The van der Waals surface area contributed by atoms with Crippen LogP contribution in [0, 0.1) is 17.8 Å². The molecule has 1 aromatic rings. The third kappa shape index (κ3) is 1.50. The molecule has 0 bridgehead atoms. The summed E-state index contributed by atoms with van der Waals surface area (Å²) in [6.07, 6.45) is 4.53. The van der Waals surface area contributed by atoms with Crippen molar-refractivity contribution in [1.29, 1.82) is 0 Å². The molecule has 2 saturated carbocycles. The molecule has 1 N–H and O–H groups in total. The number of aliphatic hydroxyl groups is 1. The monoisotopic (exact) mass is 230 g/mol. The SMILES string of the molecule is OC(c1cccc2c1OCC2)C1CC2CC2C1. The molecule has 0 radical (unpaired) electrons. The van der Waals surface area contributed by atoms with Crippen LogP contribution in [0.5, 0.6) is 5.75 Å². The predicted molar refractivity (Wildman–Crippen MR) is 64.9 cm³/mol. The summed E-state index contributed by atoms with van der Waals surface area (Å²) in [5.41, 5.74) is 2.30. The van der Waals surface area contributed by atoms with Gasteiger partial charge in [-0.3, -0.25) is 0 Å². The number of rotatable bonds is 2. The Labute approximate surface area is 102 Å². The minimum Gasteiger partial charge on any atom is -0.493 e. The lowest BCUT2D eigenvalue weighted by atomic mass is 9.90. The van der Waals surface area contributed by atoms with Gasteiger partial charge in [-0.15, -0.1) is 0 Å². The van der Waals surface area contributed by atoms with Crippen LogP contribution in [0.3, 0.4) is 0 Å². The largest absolute Gasteiger partial charge is 0.493 e. The Hall–Kier alpha value is -1.02. The summed E-state index contributed by atoms with van der Waals surface area (Å²) in [6.45, 7) is 0.773. The number of hydrogen-bond acceptors (Lipinski definition) is 2. The van der Waals surface area contributed by atoms with Crippen molar-refractivity contribution in [2.75, 3.05) is 6.61 Å². The van der Waals surface area contributed by atoms with Crippen LogP contribution in [0.1, 0.15) is 36.5 Å². The molecule has 1 aliphatic heterocycles. The molecule has 3 atom stereocenters. The zero-order valence-electron chi connectivity index (χ0n) is 9.93. The first kappa shape index (κ1) is 9.95. The third-order valence-electron chi connectivity index (χ3n) is 4.79. The minimum atomic E-state index is -0.309. The number of hydrogen-bond donors (Lipinski definition) is 1. The lowest BCUT2D eigenvalue weighted by Gasteiger charge is -2.21. The topological polar surface area (TPSA) is 29.5 Å². The standard InChI is InChI=1S/C15H18O2/c16-14(12-7-10-6-11(10)8-12)13-3-1-2-9-4-5-17-15(9)13/h1-3,10-12,14,16H,4-8H2. The maximum Gasteiger partial charge on any atom is 0.128 e. The minimum absolute atomic E-state index is 0.309. The molecule has 0 spiro atoms. The number of para-hydroxylation sites is 1. The molecular weight excluding hydrogens is 212 g/mol. The van der Waals surface area contributed by atoms with Crippen LogP contribution < -0.4 is 4.74 Å². The summed E-state index contributed by atoms with van der Waals surface area (Å²) in [5.74, 6) is 3.29.